The first-order chi connectivity index (χ1) is 11.7. The lowest BCUT2D eigenvalue weighted by Gasteiger charge is -2.22. The Labute approximate surface area is 152 Å². The van der Waals surface area contributed by atoms with E-state index in [2.05, 4.69) is 5.32 Å². The molecule has 0 heterocycles. The van der Waals surface area contributed by atoms with Crippen LogP contribution in [0.3, 0.4) is 0 Å². The van der Waals surface area contributed by atoms with E-state index in [9.17, 15) is 13.2 Å². The van der Waals surface area contributed by atoms with Gasteiger partial charge in [0.15, 0.2) is 0 Å². The molecule has 0 fully saturated rings. The predicted octanol–water partition coefficient (Wildman–Crippen LogP) is 3.06. The number of halogens is 1. The Balaban J connectivity index is 2.25. The van der Waals surface area contributed by atoms with Crippen LogP contribution < -0.4 is 14.4 Å². The Morgan fingerprint density at radius 2 is 1.88 bits per heavy atom. The summed E-state index contributed by atoms with van der Waals surface area (Å²) >= 11 is 6.05. The number of amides is 1. The van der Waals surface area contributed by atoms with Crippen molar-refractivity contribution in [3.05, 3.63) is 53.1 Å². The molecular weight excluding hydrogens is 364 g/mol. The predicted molar refractivity (Wildman–Crippen MR) is 100 cm³/mol. The highest BCUT2D eigenvalue weighted by Crippen LogP contribution is 2.31. The Kier molecular flexibility index (Phi) is 5.92. The molecule has 134 valence electrons. The molecule has 0 aliphatic rings. The Bertz CT molecular complexity index is 870. The molecule has 1 amide bonds. The number of benzene rings is 2. The van der Waals surface area contributed by atoms with Crippen LogP contribution in [0, 0.1) is 6.92 Å². The molecule has 0 saturated carbocycles. The van der Waals surface area contributed by atoms with Crippen molar-refractivity contribution in [2.75, 3.05) is 29.5 Å². The standard InChI is InChI=1S/C17H19ClN2O4S/c1-12-9-15(16(24-2)10-14(12)18)19-17(21)11-20(25(3,22)23)13-7-5-4-6-8-13/h4-10H,11H2,1-3H3,(H,19,21). The molecule has 0 aliphatic carbocycles. The van der Waals surface area contributed by atoms with E-state index in [4.69, 9.17) is 16.3 Å². The monoisotopic (exact) mass is 382 g/mol. The van der Waals surface area contributed by atoms with Crippen LogP contribution in [-0.4, -0.2) is 34.2 Å². The fraction of sp³-hybridized carbons (Fsp3) is 0.235. The van der Waals surface area contributed by atoms with Gasteiger partial charge in [-0.1, -0.05) is 29.8 Å². The molecule has 1 N–H and O–H groups in total. The van der Waals surface area contributed by atoms with E-state index < -0.39 is 15.9 Å². The van der Waals surface area contributed by atoms with Gasteiger partial charge < -0.3 is 10.1 Å². The summed E-state index contributed by atoms with van der Waals surface area (Å²) in [6.07, 6.45) is 1.06. The maximum atomic E-state index is 12.4. The number of nitrogens with one attached hydrogen (secondary N) is 1. The molecule has 0 atom stereocenters. The maximum Gasteiger partial charge on any atom is 0.245 e. The zero-order valence-electron chi connectivity index (χ0n) is 14.1. The molecule has 25 heavy (non-hydrogen) atoms. The first-order valence-corrected chi connectivity index (χ1v) is 9.61. The number of aryl methyl sites for hydroxylation is 1. The van der Waals surface area contributed by atoms with Crippen molar-refractivity contribution in [2.45, 2.75) is 6.92 Å². The number of ether oxygens (including phenoxy) is 1. The molecule has 6 nitrogen and oxygen atoms in total. The first kappa shape index (κ1) is 19.1. The summed E-state index contributed by atoms with van der Waals surface area (Å²) in [7, 11) is -2.15. The highest BCUT2D eigenvalue weighted by Gasteiger charge is 2.21. The second-order valence-corrected chi connectivity index (χ2v) is 7.77. The van der Waals surface area contributed by atoms with Gasteiger partial charge in [0.05, 0.1) is 24.7 Å². The smallest absolute Gasteiger partial charge is 0.245 e. The molecule has 2 aromatic carbocycles. The summed E-state index contributed by atoms with van der Waals surface area (Å²) in [5, 5.41) is 3.18. The first-order valence-electron chi connectivity index (χ1n) is 7.39. The van der Waals surface area contributed by atoms with E-state index in [1.807, 2.05) is 0 Å². The van der Waals surface area contributed by atoms with Crippen LogP contribution in [0.2, 0.25) is 5.02 Å². The lowest BCUT2D eigenvalue weighted by Crippen LogP contribution is -2.37. The van der Waals surface area contributed by atoms with E-state index in [1.54, 1.807) is 49.4 Å². The number of anilines is 2. The SMILES string of the molecule is COc1cc(Cl)c(C)cc1NC(=O)CN(c1ccccc1)S(C)(=O)=O. The van der Waals surface area contributed by atoms with E-state index in [-0.39, 0.29) is 6.54 Å². The lowest BCUT2D eigenvalue weighted by atomic mass is 10.2. The van der Waals surface area contributed by atoms with Crippen LogP contribution in [0.5, 0.6) is 5.75 Å². The van der Waals surface area contributed by atoms with Crippen LogP contribution in [0.4, 0.5) is 11.4 Å². The fourth-order valence-corrected chi connectivity index (χ4v) is 3.25. The second-order valence-electron chi connectivity index (χ2n) is 5.46. The van der Waals surface area contributed by atoms with Crippen LogP contribution in [-0.2, 0) is 14.8 Å². The molecular formula is C17H19ClN2O4S. The largest absolute Gasteiger partial charge is 0.495 e. The van der Waals surface area contributed by atoms with Gasteiger partial charge in [0.25, 0.3) is 0 Å². The van der Waals surface area contributed by atoms with Crippen molar-refractivity contribution in [1.82, 2.24) is 0 Å². The number of hydrogen-bond donors (Lipinski definition) is 1. The van der Waals surface area contributed by atoms with Crippen molar-refractivity contribution in [1.29, 1.82) is 0 Å². The highest BCUT2D eigenvalue weighted by molar-refractivity contribution is 7.92. The average molecular weight is 383 g/mol. The third-order valence-corrected chi connectivity index (χ3v) is 5.03. The van der Waals surface area contributed by atoms with Gasteiger partial charge in [-0.3, -0.25) is 9.10 Å². The summed E-state index contributed by atoms with van der Waals surface area (Å²) in [4.78, 5) is 12.4. The molecule has 0 radical (unpaired) electrons. The highest BCUT2D eigenvalue weighted by atomic mass is 35.5. The molecule has 0 unspecified atom stereocenters. The summed E-state index contributed by atoms with van der Waals surface area (Å²) in [5.74, 6) is -0.0936. The van der Waals surface area contributed by atoms with Crippen molar-refractivity contribution < 1.29 is 17.9 Å². The van der Waals surface area contributed by atoms with E-state index >= 15 is 0 Å². The summed E-state index contributed by atoms with van der Waals surface area (Å²) < 4.78 is 30.3. The van der Waals surface area contributed by atoms with Gasteiger partial charge in [-0.2, -0.15) is 0 Å². The minimum atomic E-state index is -3.62. The van der Waals surface area contributed by atoms with Crippen LogP contribution in [0.1, 0.15) is 5.56 Å². The Morgan fingerprint density at radius 1 is 1.24 bits per heavy atom. The van der Waals surface area contributed by atoms with Gasteiger partial charge in [0.2, 0.25) is 15.9 Å². The van der Waals surface area contributed by atoms with Crippen LogP contribution in [0.15, 0.2) is 42.5 Å². The van der Waals surface area contributed by atoms with E-state index in [1.165, 1.54) is 7.11 Å². The third kappa shape index (κ3) is 4.87. The van der Waals surface area contributed by atoms with Gasteiger partial charge in [-0.05, 0) is 30.7 Å². The minimum absolute atomic E-state index is 0.353. The molecule has 0 spiro atoms. The molecule has 0 bridgehead atoms. The summed E-state index contributed by atoms with van der Waals surface area (Å²) in [6.45, 7) is 1.44. The number of para-hydroxylation sites is 1. The minimum Gasteiger partial charge on any atom is -0.495 e. The number of nitrogens with zero attached hydrogens (tertiary/aromatic N) is 1. The third-order valence-electron chi connectivity index (χ3n) is 3.49. The summed E-state index contributed by atoms with van der Waals surface area (Å²) in [6, 6.07) is 11.7. The molecule has 0 saturated heterocycles. The number of hydrogen-bond acceptors (Lipinski definition) is 4. The van der Waals surface area contributed by atoms with Gasteiger partial charge in [0, 0.05) is 11.1 Å². The van der Waals surface area contributed by atoms with Crippen LogP contribution in [0.25, 0.3) is 0 Å². The average Bonchev–Trinajstić information content (AvgIpc) is 2.55. The lowest BCUT2D eigenvalue weighted by molar-refractivity contribution is -0.114. The second kappa shape index (κ2) is 7.76. The number of carbonyl (C=O) groups is 1. The molecule has 8 heteroatoms. The zero-order valence-corrected chi connectivity index (χ0v) is 15.7. The maximum absolute atomic E-state index is 12.4. The quantitative estimate of drug-likeness (QED) is 0.833. The number of sulfonamides is 1. The van der Waals surface area contributed by atoms with Crippen molar-refractivity contribution in [2.24, 2.45) is 0 Å². The number of rotatable bonds is 6. The van der Waals surface area contributed by atoms with E-state index in [0.29, 0.717) is 22.1 Å². The topological polar surface area (TPSA) is 75.7 Å². The molecule has 2 rings (SSSR count). The number of carbonyl (C=O) groups excluding carboxylic acids is 1. The Morgan fingerprint density at radius 3 is 2.44 bits per heavy atom. The van der Waals surface area contributed by atoms with Gasteiger partial charge in [0.1, 0.15) is 12.3 Å². The van der Waals surface area contributed by atoms with Gasteiger partial charge >= 0.3 is 0 Å². The zero-order chi connectivity index (χ0) is 18.6. The van der Waals surface area contributed by atoms with Gasteiger partial charge in [-0.25, -0.2) is 8.42 Å². The van der Waals surface area contributed by atoms with Crippen LogP contribution >= 0.6 is 11.6 Å². The molecule has 0 aliphatic heterocycles. The normalized spacial score (nSPS) is 11.0. The summed E-state index contributed by atoms with van der Waals surface area (Å²) in [5.41, 5.74) is 1.61. The van der Waals surface area contributed by atoms with Crippen molar-refractivity contribution in [3.63, 3.8) is 0 Å². The van der Waals surface area contributed by atoms with E-state index in [0.717, 1.165) is 16.1 Å². The van der Waals surface area contributed by atoms with Crippen molar-refractivity contribution >= 4 is 38.9 Å². The molecule has 2 aromatic rings. The fourth-order valence-electron chi connectivity index (χ4n) is 2.24. The number of methoxy groups -OCH3 is 1. The Hall–Kier alpha value is -2.25. The van der Waals surface area contributed by atoms with Gasteiger partial charge in [-0.15, -0.1) is 0 Å². The molecule has 0 aromatic heterocycles. The van der Waals surface area contributed by atoms with Crippen molar-refractivity contribution in [3.8, 4) is 5.75 Å².